The standard InChI is InChI=1S/C22H20N4OS/c1-14-11-20-23-24-22(26(20)19-10-6-4-8-17(14)19)28-13-21(27)25-15(2)12-16-7-3-5-9-18(16)25/h3-11,15H,12-13H2,1-2H3. The zero-order valence-electron chi connectivity index (χ0n) is 15.8. The molecule has 1 amide bonds. The number of hydrogen-bond acceptors (Lipinski definition) is 4. The van der Waals surface area contributed by atoms with E-state index in [0.29, 0.717) is 5.75 Å². The molecule has 0 radical (unpaired) electrons. The van der Waals surface area contributed by atoms with E-state index in [1.165, 1.54) is 28.3 Å². The molecule has 0 bridgehead atoms. The molecule has 28 heavy (non-hydrogen) atoms. The molecule has 5 nitrogen and oxygen atoms in total. The maximum atomic E-state index is 13.0. The fourth-order valence-corrected chi connectivity index (χ4v) is 4.92. The van der Waals surface area contributed by atoms with Crippen molar-refractivity contribution < 1.29 is 4.79 Å². The number of aromatic nitrogens is 3. The maximum Gasteiger partial charge on any atom is 0.237 e. The Bertz CT molecular complexity index is 1220. The number of amides is 1. The first-order chi connectivity index (χ1) is 13.6. The Labute approximate surface area is 167 Å². The lowest BCUT2D eigenvalue weighted by Gasteiger charge is -2.22. The van der Waals surface area contributed by atoms with E-state index in [4.69, 9.17) is 0 Å². The summed E-state index contributed by atoms with van der Waals surface area (Å²) in [5.74, 6) is 0.442. The van der Waals surface area contributed by atoms with Gasteiger partial charge >= 0.3 is 0 Å². The van der Waals surface area contributed by atoms with Crippen LogP contribution in [-0.4, -0.2) is 32.3 Å². The number of anilines is 1. The first-order valence-corrected chi connectivity index (χ1v) is 10.4. The van der Waals surface area contributed by atoms with Gasteiger partial charge in [0.05, 0.1) is 11.3 Å². The lowest BCUT2D eigenvalue weighted by Crippen LogP contribution is -2.37. The predicted octanol–water partition coefficient (Wildman–Crippen LogP) is 4.26. The van der Waals surface area contributed by atoms with Gasteiger partial charge < -0.3 is 4.90 Å². The maximum absolute atomic E-state index is 13.0. The van der Waals surface area contributed by atoms with E-state index < -0.39 is 0 Å². The van der Waals surface area contributed by atoms with Gasteiger partial charge in [-0.25, -0.2) is 0 Å². The van der Waals surface area contributed by atoms with Gasteiger partial charge in [0.15, 0.2) is 10.8 Å². The molecule has 0 fully saturated rings. The molecule has 1 unspecified atom stereocenters. The molecule has 0 aliphatic carbocycles. The number of fused-ring (bicyclic) bond motifs is 4. The first kappa shape index (κ1) is 17.3. The van der Waals surface area contributed by atoms with Gasteiger partial charge in [-0.3, -0.25) is 9.20 Å². The van der Waals surface area contributed by atoms with Crippen molar-refractivity contribution in [2.45, 2.75) is 31.5 Å². The van der Waals surface area contributed by atoms with Gasteiger partial charge in [0.25, 0.3) is 0 Å². The van der Waals surface area contributed by atoms with Gasteiger partial charge in [0.2, 0.25) is 5.91 Å². The predicted molar refractivity (Wildman–Crippen MR) is 113 cm³/mol. The molecule has 2 aromatic heterocycles. The van der Waals surface area contributed by atoms with Crippen LogP contribution in [0.25, 0.3) is 16.6 Å². The van der Waals surface area contributed by atoms with E-state index in [1.807, 2.05) is 45.7 Å². The molecule has 0 saturated carbocycles. The molecule has 3 heterocycles. The smallest absolute Gasteiger partial charge is 0.237 e. The SMILES string of the molecule is Cc1cc2nnc(SCC(=O)N3c4ccccc4CC3C)n2c2ccccc12. The van der Waals surface area contributed by atoms with Crippen molar-refractivity contribution in [2.75, 3.05) is 10.7 Å². The summed E-state index contributed by atoms with van der Waals surface area (Å²) in [6.45, 7) is 4.19. The summed E-state index contributed by atoms with van der Waals surface area (Å²) < 4.78 is 2.04. The normalized spacial score (nSPS) is 16.1. The van der Waals surface area contributed by atoms with Crippen LogP contribution >= 0.6 is 11.8 Å². The van der Waals surface area contributed by atoms with Crippen molar-refractivity contribution in [3.8, 4) is 0 Å². The summed E-state index contributed by atoms with van der Waals surface area (Å²) in [4.78, 5) is 14.9. The summed E-state index contributed by atoms with van der Waals surface area (Å²) in [5, 5.41) is 10.6. The van der Waals surface area contributed by atoms with Gasteiger partial charge in [-0.05, 0) is 49.6 Å². The van der Waals surface area contributed by atoms with Crippen LogP contribution in [0, 0.1) is 6.92 Å². The Kier molecular flexibility index (Phi) is 4.09. The number of para-hydroxylation sites is 2. The largest absolute Gasteiger partial charge is 0.308 e. The number of thioether (sulfide) groups is 1. The van der Waals surface area contributed by atoms with Gasteiger partial charge in [-0.2, -0.15) is 0 Å². The minimum atomic E-state index is 0.107. The number of carbonyl (C=O) groups excluding carboxylic acids is 1. The molecule has 2 aromatic carbocycles. The van der Waals surface area contributed by atoms with Crippen LogP contribution in [0.3, 0.4) is 0 Å². The Morgan fingerprint density at radius 3 is 2.82 bits per heavy atom. The van der Waals surface area contributed by atoms with Crippen LogP contribution in [0.4, 0.5) is 5.69 Å². The Hall–Kier alpha value is -2.86. The highest BCUT2D eigenvalue weighted by Gasteiger charge is 2.30. The van der Waals surface area contributed by atoms with E-state index in [-0.39, 0.29) is 11.9 Å². The molecule has 0 N–H and O–H groups in total. The number of aryl methyl sites for hydroxylation is 1. The zero-order chi connectivity index (χ0) is 19.3. The van der Waals surface area contributed by atoms with Crippen LogP contribution in [0.2, 0.25) is 0 Å². The summed E-state index contributed by atoms with van der Waals surface area (Å²) in [6, 6.07) is 18.6. The summed E-state index contributed by atoms with van der Waals surface area (Å²) in [7, 11) is 0. The quantitative estimate of drug-likeness (QED) is 0.492. The van der Waals surface area contributed by atoms with Crippen LogP contribution < -0.4 is 4.90 Å². The second-order valence-electron chi connectivity index (χ2n) is 7.25. The third kappa shape index (κ3) is 2.67. The third-order valence-corrected chi connectivity index (χ3v) is 6.29. The molecule has 1 aliphatic heterocycles. The monoisotopic (exact) mass is 388 g/mol. The van der Waals surface area contributed by atoms with Crippen molar-refractivity contribution >= 4 is 39.9 Å². The fraction of sp³-hybridized carbons (Fsp3) is 0.227. The van der Waals surface area contributed by atoms with Crippen molar-refractivity contribution in [3.63, 3.8) is 0 Å². The van der Waals surface area contributed by atoms with E-state index in [0.717, 1.165) is 28.4 Å². The van der Waals surface area contributed by atoms with Crippen LogP contribution in [-0.2, 0) is 11.2 Å². The van der Waals surface area contributed by atoms with E-state index in [9.17, 15) is 4.79 Å². The number of pyridine rings is 1. The molecule has 6 heteroatoms. The lowest BCUT2D eigenvalue weighted by atomic mass is 10.1. The minimum Gasteiger partial charge on any atom is -0.308 e. The number of benzene rings is 2. The molecule has 1 atom stereocenters. The average Bonchev–Trinajstić information content (AvgIpc) is 3.26. The lowest BCUT2D eigenvalue weighted by molar-refractivity contribution is -0.116. The Morgan fingerprint density at radius 2 is 1.93 bits per heavy atom. The highest BCUT2D eigenvalue weighted by Crippen LogP contribution is 2.33. The van der Waals surface area contributed by atoms with Gasteiger partial charge in [0, 0.05) is 17.1 Å². The van der Waals surface area contributed by atoms with Crippen molar-refractivity contribution in [3.05, 3.63) is 65.7 Å². The van der Waals surface area contributed by atoms with Gasteiger partial charge in [-0.15, -0.1) is 10.2 Å². The molecule has 1 aliphatic rings. The van der Waals surface area contributed by atoms with Crippen LogP contribution in [0.5, 0.6) is 0 Å². The molecule has 0 spiro atoms. The van der Waals surface area contributed by atoms with Crippen molar-refractivity contribution in [1.29, 1.82) is 0 Å². The van der Waals surface area contributed by atoms with Gasteiger partial charge in [0.1, 0.15) is 0 Å². The summed E-state index contributed by atoms with van der Waals surface area (Å²) in [5.41, 5.74) is 5.32. The van der Waals surface area contributed by atoms with E-state index in [1.54, 1.807) is 0 Å². The number of rotatable bonds is 3. The molecular formula is C22H20N4OS. The zero-order valence-corrected chi connectivity index (χ0v) is 16.6. The average molecular weight is 388 g/mol. The first-order valence-electron chi connectivity index (χ1n) is 9.40. The van der Waals surface area contributed by atoms with Gasteiger partial charge in [-0.1, -0.05) is 48.2 Å². The molecule has 5 rings (SSSR count). The highest BCUT2D eigenvalue weighted by atomic mass is 32.2. The topological polar surface area (TPSA) is 50.5 Å². The summed E-state index contributed by atoms with van der Waals surface area (Å²) in [6.07, 6.45) is 0.907. The molecule has 4 aromatic rings. The Balaban J connectivity index is 1.45. The van der Waals surface area contributed by atoms with Crippen LogP contribution in [0.1, 0.15) is 18.1 Å². The molecular weight excluding hydrogens is 368 g/mol. The summed E-state index contributed by atoms with van der Waals surface area (Å²) >= 11 is 1.45. The highest BCUT2D eigenvalue weighted by molar-refractivity contribution is 7.99. The third-order valence-electron chi connectivity index (χ3n) is 5.37. The number of carbonyl (C=O) groups is 1. The van der Waals surface area contributed by atoms with E-state index >= 15 is 0 Å². The van der Waals surface area contributed by atoms with Crippen molar-refractivity contribution in [1.82, 2.24) is 14.6 Å². The molecule has 0 saturated heterocycles. The minimum absolute atomic E-state index is 0.107. The molecule has 140 valence electrons. The number of hydrogen-bond donors (Lipinski definition) is 0. The second-order valence-corrected chi connectivity index (χ2v) is 8.20. The number of nitrogens with zero attached hydrogens (tertiary/aromatic N) is 4. The van der Waals surface area contributed by atoms with Crippen LogP contribution in [0.15, 0.2) is 59.8 Å². The fourth-order valence-electron chi connectivity index (χ4n) is 4.11. The van der Waals surface area contributed by atoms with Crippen molar-refractivity contribution in [2.24, 2.45) is 0 Å². The van der Waals surface area contributed by atoms with E-state index in [2.05, 4.69) is 42.2 Å². The Morgan fingerprint density at radius 1 is 1.14 bits per heavy atom. The second kappa shape index (κ2) is 6.63.